The Morgan fingerprint density at radius 2 is 1.76 bits per heavy atom. The molecule has 0 unspecified atom stereocenters. The fourth-order valence-electron chi connectivity index (χ4n) is 12.6. The van der Waals surface area contributed by atoms with Gasteiger partial charge < -0.3 is 34.3 Å². The number of halogens is 1. The number of hydrogen-bond donors (Lipinski definition) is 3. The zero-order chi connectivity index (χ0) is 50.2. The summed E-state index contributed by atoms with van der Waals surface area (Å²) in [5.41, 5.74) is 3.20. The number of rotatable bonds is 13. The number of nitrogens with zero attached hydrogens (tertiary/aromatic N) is 5. The molecule has 0 bridgehead atoms. The number of likely N-dealkylation sites (tertiary alicyclic amines) is 1. The van der Waals surface area contributed by atoms with Crippen molar-refractivity contribution in [2.75, 3.05) is 61.6 Å². The van der Waals surface area contributed by atoms with Crippen LogP contribution in [-0.2, 0) is 19.5 Å². The molecule has 5 fully saturated rings. The maximum Gasteiger partial charge on any atom is 0.293 e. The number of methoxy groups -OCH3 is 1. The van der Waals surface area contributed by atoms with Crippen molar-refractivity contribution in [2.24, 2.45) is 5.41 Å². The van der Waals surface area contributed by atoms with Crippen LogP contribution in [0.5, 0.6) is 5.88 Å². The van der Waals surface area contributed by atoms with Crippen LogP contribution in [0.1, 0.15) is 118 Å². The lowest BCUT2D eigenvalue weighted by Crippen LogP contribution is -2.55. The van der Waals surface area contributed by atoms with Gasteiger partial charge in [0.2, 0.25) is 5.88 Å². The molecule has 1 spiro atoms. The highest BCUT2D eigenvalue weighted by Gasteiger charge is 2.51. The van der Waals surface area contributed by atoms with Crippen LogP contribution in [0, 0.1) is 15.5 Å². The van der Waals surface area contributed by atoms with Crippen molar-refractivity contribution in [1.29, 1.82) is 0 Å². The third-order valence-corrected chi connectivity index (χ3v) is 18.4. The van der Waals surface area contributed by atoms with Crippen molar-refractivity contribution in [3.05, 3.63) is 106 Å². The molecular weight excluding hydrogens is 940 g/mol. The predicted molar refractivity (Wildman–Crippen MR) is 274 cm³/mol. The lowest BCUT2D eigenvalue weighted by Gasteiger charge is -2.56. The van der Waals surface area contributed by atoms with Crippen molar-refractivity contribution in [1.82, 2.24) is 19.6 Å². The molecule has 382 valence electrons. The monoisotopic (exact) mass is 1000 g/mol. The number of ether oxygens (including phenoxy) is 3. The molecule has 6 heterocycles. The number of aromatic nitrogens is 2. The van der Waals surface area contributed by atoms with E-state index in [2.05, 4.69) is 62.9 Å². The zero-order valence-electron chi connectivity index (χ0n) is 41.5. The van der Waals surface area contributed by atoms with Gasteiger partial charge in [0.15, 0.2) is 0 Å². The van der Waals surface area contributed by atoms with E-state index in [1.165, 1.54) is 48.9 Å². The predicted octanol–water partition coefficient (Wildman–Crippen LogP) is 9.70. The topological polar surface area (TPSA) is 184 Å². The van der Waals surface area contributed by atoms with Crippen LogP contribution < -0.4 is 24.6 Å². The van der Waals surface area contributed by atoms with E-state index < -0.39 is 48.8 Å². The first-order chi connectivity index (χ1) is 34.5. The Morgan fingerprint density at radius 3 is 2.51 bits per heavy atom. The number of piperidine rings is 1. The second-order valence-electron chi connectivity index (χ2n) is 21.8. The number of hydrogen-bond acceptors (Lipinski definition) is 13. The van der Waals surface area contributed by atoms with Gasteiger partial charge in [-0.1, -0.05) is 38.1 Å². The Labute approximate surface area is 420 Å². The minimum atomic E-state index is -4.69. The van der Waals surface area contributed by atoms with Gasteiger partial charge in [0.05, 0.1) is 45.9 Å². The number of fused-ring (bicyclic) bond motifs is 3. The average Bonchev–Trinajstić information content (AvgIpc) is 4.16. The fraction of sp³-hybridized carbons (Fsp3) is 0.519. The zero-order valence-corrected chi connectivity index (χ0v) is 42.3. The van der Waals surface area contributed by atoms with E-state index in [9.17, 15) is 23.3 Å². The van der Waals surface area contributed by atoms with E-state index in [-0.39, 0.29) is 48.7 Å². The summed E-state index contributed by atoms with van der Waals surface area (Å²) in [6.45, 7) is 9.68. The molecule has 4 aliphatic heterocycles. The van der Waals surface area contributed by atoms with Gasteiger partial charge in [-0.15, -0.1) is 0 Å². The number of nitro benzene ring substituents is 1. The number of nitro groups is 1. The van der Waals surface area contributed by atoms with Gasteiger partial charge >= 0.3 is 0 Å². The molecule has 3 aromatic carbocycles. The van der Waals surface area contributed by atoms with Crippen molar-refractivity contribution >= 4 is 55.4 Å². The van der Waals surface area contributed by atoms with E-state index in [1.54, 1.807) is 19.4 Å². The maximum atomic E-state index is 15.9. The van der Waals surface area contributed by atoms with Crippen molar-refractivity contribution in [2.45, 2.75) is 131 Å². The van der Waals surface area contributed by atoms with Crippen LogP contribution >= 0.6 is 0 Å². The van der Waals surface area contributed by atoms with Crippen LogP contribution in [0.2, 0.25) is 0 Å². The summed E-state index contributed by atoms with van der Waals surface area (Å²) in [6, 6.07) is 22.3. The minimum absolute atomic E-state index is 0.0334. The number of carbonyl (C=O) groups excluding carboxylic acids is 1. The SMILES string of the molecule is CO[C@]1(C)CC[C@@](F)(CNc2ccc(S(=O)(=O)NC(=O)c3ccc(N4CCC5(CC4)CC(N4CCC[C@H]4c4ccccc4C(C)C)C5)cc3N3c4cc5cc[nH]c5nc4O[C@@H]4COC[C@H]43)cc2[N+](=O)[O-])CC1. The van der Waals surface area contributed by atoms with Crippen LogP contribution in [0.25, 0.3) is 11.0 Å². The highest BCUT2D eigenvalue weighted by atomic mass is 32.2. The number of benzene rings is 3. The van der Waals surface area contributed by atoms with E-state index in [0.29, 0.717) is 60.4 Å². The normalized spacial score (nSPS) is 26.3. The van der Waals surface area contributed by atoms with Crippen molar-refractivity contribution < 1.29 is 36.7 Å². The van der Waals surface area contributed by atoms with E-state index in [1.807, 2.05) is 36.1 Å². The minimum Gasteiger partial charge on any atom is -0.468 e. The van der Waals surface area contributed by atoms with Crippen LogP contribution in [-0.4, -0.2) is 110 Å². The average molecular weight is 1010 g/mol. The molecule has 16 nitrogen and oxygen atoms in total. The molecule has 18 heteroatoms. The molecule has 6 aliphatic rings. The molecule has 2 aliphatic carbocycles. The summed E-state index contributed by atoms with van der Waals surface area (Å²) in [4.78, 5) is 40.9. The molecule has 72 heavy (non-hydrogen) atoms. The van der Waals surface area contributed by atoms with Crippen molar-refractivity contribution in [3.8, 4) is 5.88 Å². The smallest absolute Gasteiger partial charge is 0.293 e. The number of nitrogens with one attached hydrogen (secondary N) is 3. The Bertz CT molecular complexity index is 3000. The van der Waals surface area contributed by atoms with Gasteiger partial charge in [0, 0.05) is 62.2 Å². The third-order valence-electron chi connectivity index (χ3n) is 17.1. The molecule has 3 saturated heterocycles. The summed E-state index contributed by atoms with van der Waals surface area (Å²) in [5, 5.41) is 16.1. The number of alkyl halides is 1. The van der Waals surface area contributed by atoms with Crippen LogP contribution in [0.4, 0.5) is 32.8 Å². The van der Waals surface area contributed by atoms with Crippen LogP contribution in [0.15, 0.2) is 83.9 Å². The van der Waals surface area contributed by atoms with E-state index in [0.717, 1.165) is 49.6 Å². The van der Waals surface area contributed by atoms with E-state index >= 15 is 4.39 Å². The first-order valence-electron chi connectivity index (χ1n) is 25.6. The standard InChI is InChI=1S/C54H65FN8O8S/c1-34(2)39-8-5-6-9-40(39)43-10-7-23-61(43)37-29-53(30-37)20-24-60(25-21-53)36-11-13-41(44(27-36)62-46-26-35-15-22-56-49(35)58-51(46)71-48-32-70-31-47(48)62)50(64)59-72(67,68)38-12-14-42(45(28-38)63(65)66)57-33-54(55)18-16-52(3,69-4)17-19-54/h5-6,8-9,11-15,22,26-28,34,37,43,47-48,57H,7,10,16-21,23-25,29-33H2,1-4H3,(H,56,58)(H,59,64)/t43-,47+,48+,52-,54+/m0/s1. The summed E-state index contributed by atoms with van der Waals surface area (Å²) >= 11 is 0. The molecule has 0 radical (unpaired) electrons. The molecule has 5 aromatic rings. The Kier molecular flexibility index (Phi) is 12.5. The maximum absolute atomic E-state index is 15.9. The number of sulfonamides is 1. The van der Waals surface area contributed by atoms with Gasteiger partial charge in [-0.05, 0) is 143 Å². The highest BCUT2D eigenvalue weighted by Crippen LogP contribution is 2.55. The summed E-state index contributed by atoms with van der Waals surface area (Å²) in [7, 11) is -3.08. The number of amides is 1. The number of H-pyrrole nitrogens is 1. The molecule has 2 aromatic heterocycles. The van der Waals surface area contributed by atoms with Gasteiger partial charge in [0.1, 0.15) is 28.8 Å². The van der Waals surface area contributed by atoms with Crippen LogP contribution in [0.3, 0.4) is 0 Å². The van der Waals surface area contributed by atoms with E-state index in [4.69, 9.17) is 19.2 Å². The highest BCUT2D eigenvalue weighted by molar-refractivity contribution is 7.90. The number of aromatic amines is 1. The number of anilines is 4. The number of pyridine rings is 1. The van der Waals surface area contributed by atoms with Gasteiger partial charge in [-0.2, -0.15) is 4.98 Å². The quantitative estimate of drug-likeness (QED) is 0.0749. The Balaban J connectivity index is 0.853. The second-order valence-corrected chi connectivity index (χ2v) is 23.5. The molecule has 1 amide bonds. The third kappa shape index (κ3) is 8.95. The molecule has 3 N–H and O–H groups in total. The molecule has 3 atom stereocenters. The summed E-state index contributed by atoms with van der Waals surface area (Å²) in [5.74, 6) is -0.0899. The van der Waals surface area contributed by atoms with Gasteiger partial charge in [-0.25, -0.2) is 17.5 Å². The summed E-state index contributed by atoms with van der Waals surface area (Å²) < 4.78 is 64.4. The second kappa shape index (κ2) is 18.6. The lowest BCUT2D eigenvalue weighted by atomic mass is 9.59. The first kappa shape index (κ1) is 48.4. The first-order valence-corrected chi connectivity index (χ1v) is 27.1. The Morgan fingerprint density at radius 1 is 0.986 bits per heavy atom. The largest absolute Gasteiger partial charge is 0.468 e. The Hall–Kier alpha value is -5.82. The molecule has 11 rings (SSSR count). The fourth-order valence-corrected chi connectivity index (χ4v) is 13.6. The van der Waals surface area contributed by atoms with Gasteiger partial charge in [-0.3, -0.25) is 19.8 Å². The van der Waals surface area contributed by atoms with Gasteiger partial charge in [0.25, 0.3) is 21.6 Å². The summed E-state index contributed by atoms with van der Waals surface area (Å²) in [6.07, 6.45) is 9.60. The lowest BCUT2D eigenvalue weighted by molar-refractivity contribution is -0.384. The molecular formula is C54H65FN8O8S. The number of carbonyl (C=O) groups is 1. The van der Waals surface area contributed by atoms with Crippen molar-refractivity contribution in [3.63, 3.8) is 0 Å². The molecule has 2 saturated carbocycles.